The fourth-order valence-electron chi connectivity index (χ4n) is 3.85. The van der Waals surface area contributed by atoms with Gasteiger partial charge >= 0.3 is 5.97 Å². The number of aliphatic hydroxyl groups is 3. The zero-order valence-corrected chi connectivity index (χ0v) is 20.1. The number of nitrogens with zero attached hydrogens (tertiary/aromatic N) is 2. The number of para-hydroxylation sites is 2. The Bertz CT molecular complexity index is 1340. The summed E-state index contributed by atoms with van der Waals surface area (Å²) in [5.74, 6) is -0.852. The highest BCUT2D eigenvalue weighted by Crippen LogP contribution is 2.27. The van der Waals surface area contributed by atoms with Gasteiger partial charge in [-0.3, -0.25) is 0 Å². The molecule has 1 aliphatic heterocycles. The predicted octanol–water partition coefficient (Wildman–Crippen LogP) is 1.78. The van der Waals surface area contributed by atoms with Gasteiger partial charge in [-0.1, -0.05) is 24.3 Å². The minimum atomic E-state index is -1.25. The molecule has 1 aliphatic rings. The van der Waals surface area contributed by atoms with Crippen LogP contribution < -0.4 is 10.5 Å². The monoisotopic (exact) mass is 521 g/mol. The standard InChI is InChI=1S/C27H27N3O8/c28-25(18-6-2-4-8-21(18)37-23-13-20(33)24(34)22(14-31)38-23)30-26(17-5-1-3-7-19(17)32)29-16-11-9-15(10-12-16)27(35)36/h1-12,20,22-24,31-34H,13-14H2,(H,35,36)(H2,28,29,30). The number of aliphatic hydroxyl groups excluding tert-OH is 3. The molecule has 4 unspecified atom stereocenters. The molecule has 11 nitrogen and oxygen atoms in total. The lowest BCUT2D eigenvalue weighted by Gasteiger charge is -2.36. The Morgan fingerprint density at radius 1 is 1.00 bits per heavy atom. The number of aromatic carboxylic acids is 1. The van der Waals surface area contributed by atoms with Crippen LogP contribution in [0.2, 0.25) is 0 Å². The van der Waals surface area contributed by atoms with Gasteiger partial charge in [0.15, 0.2) is 5.84 Å². The molecule has 1 saturated heterocycles. The highest BCUT2D eigenvalue weighted by molar-refractivity contribution is 6.13. The van der Waals surface area contributed by atoms with Crippen molar-refractivity contribution in [3.05, 3.63) is 89.5 Å². The van der Waals surface area contributed by atoms with Crippen LogP contribution >= 0.6 is 0 Å². The molecule has 0 saturated carbocycles. The van der Waals surface area contributed by atoms with Gasteiger partial charge in [0, 0.05) is 6.42 Å². The third kappa shape index (κ3) is 6.15. The Morgan fingerprint density at radius 2 is 1.66 bits per heavy atom. The lowest BCUT2D eigenvalue weighted by molar-refractivity contribution is -0.230. The van der Waals surface area contributed by atoms with Gasteiger partial charge < -0.3 is 40.7 Å². The van der Waals surface area contributed by atoms with Crippen LogP contribution in [-0.4, -0.2) is 74.4 Å². The SMILES string of the molecule is NC(=NC(=Nc1ccc(C(=O)O)cc1)c1ccccc1O)c1ccccc1OC1CC(O)C(O)C(CO)O1. The molecular weight excluding hydrogens is 494 g/mol. The first kappa shape index (κ1) is 26.8. The zero-order valence-electron chi connectivity index (χ0n) is 20.1. The smallest absolute Gasteiger partial charge is 0.335 e. The van der Waals surface area contributed by atoms with Crippen LogP contribution in [0.4, 0.5) is 5.69 Å². The second-order valence-corrected chi connectivity index (χ2v) is 8.50. The number of carboxylic acids is 1. The highest BCUT2D eigenvalue weighted by Gasteiger charge is 2.37. The van der Waals surface area contributed by atoms with Gasteiger partial charge in [-0.25, -0.2) is 14.8 Å². The summed E-state index contributed by atoms with van der Waals surface area (Å²) >= 11 is 0. The normalized spacial score (nSPS) is 22.2. The van der Waals surface area contributed by atoms with Crippen LogP contribution in [0.1, 0.15) is 27.9 Å². The van der Waals surface area contributed by atoms with E-state index in [1.807, 2.05) is 0 Å². The summed E-state index contributed by atoms with van der Waals surface area (Å²) in [5, 5.41) is 49.1. The molecule has 0 radical (unpaired) electrons. The van der Waals surface area contributed by atoms with Crippen molar-refractivity contribution in [2.45, 2.75) is 31.0 Å². The van der Waals surface area contributed by atoms with Crippen molar-refractivity contribution in [3.63, 3.8) is 0 Å². The lowest BCUT2D eigenvalue weighted by atomic mass is 10.0. The number of amidine groups is 2. The Morgan fingerprint density at radius 3 is 2.32 bits per heavy atom. The van der Waals surface area contributed by atoms with Gasteiger partial charge in [0.2, 0.25) is 6.29 Å². The van der Waals surface area contributed by atoms with E-state index in [2.05, 4.69) is 9.98 Å². The van der Waals surface area contributed by atoms with Gasteiger partial charge in [-0.05, 0) is 48.5 Å². The van der Waals surface area contributed by atoms with Crippen molar-refractivity contribution in [3.8, 4) is 11.5 Å². The van der Waals surface area contributed by atoms with Gasteiger partial charge in [-0.15, -0.1) is 0 Å². The maximum atomic E-state index is 11.2. The molecule has 4 rings (SSSR count). The van der Waals surface area contributed by atoms with E-state index in [1.54, 1.807) is 42.5 Å². The number of carboxylic acid groups (broad SMARTS) is 1. The summed E-state index contributed by atoms with van der Waals surface area (Å²) < 4.78 is 11.5. The Kier molecular flexibility index (Phi) is 8.34. The Hall–Kier alpha value is -4.29. The quantitative estimate of drug-likeness (QED) is 0.199. The Balaban J connectivity index is 1.69. The fraction of sp³-hybridized carbons (Fsp3) is 0.222. The first-order valence-electron chi connectivity index (χ1n) is 11.7. The minimum absolute atomic E-state index is 0.0140. The van der Waals surface area contributed by atoms with E-state index in [1.165, 1.54) is 30.3 Å². The molecule has 4 atom stereocenters. The van der Waals surface area contributed by atoms with Gasteiger partial charge in [-0.2, -0.15) is 0 Å². The topological polar surface area (TPSA) is 187 Å². The van der Waals surface area contributed by atoms with E-state index in [0.29, 0.717) is 11.3 Å². The number of nitrogens with two attached hydrogens (primary N) is 1. The number of hydrogen-bond donors (Lipinski definition) is 6. The summed E-state index contributed by atoms with van der Waals surface area (Å²) in [7, 11) is 0. The van der Waals surface area contributed by atoms with Crippen molar-refractivity contribution in [2.24, 2.45) is 15.7 Å². The fourth-order valence-corrected chi connectivity index (χ4v) is 3.85. The zero-order chi connectivity index (χ0) is 27.2. The summed E-state index contributed by atoms with van der Waals surface area (Å²) in [4.78, 5) is 20.1. The van der Waals surface area contributed by atoms with Crippen LogP contribution in [0.3, 0.4) is 0 Å². The molecule has 0 bridgehead atoms. The largest absolute Gasteiger partial charge is 0.507 e. The molecule has 11 heteroatoms. The first-order chi connectivity index (χ1) is 18.3. The van der Waals surface area contributed by atoms with Crippen LogP contribution in [0.15, 0.2) is 82.8 Å². The second-order valence-electron chi connectivity index (χ2n) is 8.50. The van der Waals surface area contributed by atoms with E-state index >= 15 is 0 Å². The molecule has 0 aliphatic carbocycles. The van der Waals surface area contributed by atoms with Crippen LogP contribution in [0, 0.1) is 0 Å². The summed E-state index contributed by atoms with van der Waals surface area (Å²) in [6.45, 7) is -0.503. The molecule has 3 aromatic carbocycles. The highest BCUT2D eigenvalue weighted by atomic mass is 16.7. The molecule has 1 fully saturated rings. The number of carbonyl (C=O) groups is 1. The third-order valence-electron chi connectivity index (χ3n) is 5.86. The molecule has 198 valence electrons. The number of benzene rings is 3. The minimum Gasteiger partial charge on any atom is -0.507 e. The molecule has 1 heterocycles. The molecule has 3 aromatic rings. The van der Waals surface area contributed by atoms with E-state index in [4.69, 9.17) is 20.3 Å². The molecule has 7 N–H and O–H groups in total. The van der Waals surface area contributed by atoms with Crippen molar-refractivity contribution in [1.29, 1.82) is 0 Å². The average Bonchev–Trinajstić information content (AvgIpc) is 2.91. The first-order valence-corrected chi connectivity index (χ1v) is 11.7. The maximum Gasteiger partial charge on any atom is 0.335 e. The average molecular weight is 522 g/mol. The van der Waals surface area contributed by atoms with Crippen molar-refractivity contribution in [2.75, 3.05) is 6.61 Å². The van der Waals surface area contributed by atoms with Crippen LogP contribution in [0.5, 0.6) is 11.5 Å². The van der Waals surface area contributed by atoms with E-state index < -0.39 is 37.2 Å². The number of ether oxygens (including phenoxy) is 2. The lowest BCUT2D eigenvalue weighted by Crippen LogP contribution is -2.51. The number of rotatable bonds is 7. The molecule has 0 amide bonds. The third-order valence-corrected chi connectivity index (χ3v) is 5.86. The molecule has 38 heavy (non-hydrogen) atoms. The van der Waals surface area contributed by atoms with Gasteiger partial charge in [0.25, 0.3) is 0 Å². The van der Waals surface area contributed by atoms with E-state index in [9.17, 15) is 25.2 Å². The summed E-state index contributed by atoms with van der Waals surface area (Å²) in [5.41, 5.74) is 7.49. The summed E-state index contributed by atoms with van der Waals surface area (Å²) in [6.07, 6.45) is -4.44. The van der Waals surface area contributed by atoms with Gasteiger partial charge in [0.05, 0.1) is 35.1 Å². The van der Waals surface area contributed by atoms with Crippen molar-refractivity contribution >= 4 is 23.3 Å². The number of phenolic OH excluding ortho intramolecular Hbond substituents is 1. The molecular formula is C27H27N3O8. The number of aromatic hydroxyl groups is 1. The van der Waals surface area contributed by atoms with Crippen LogP contribution in [0.25, 0.3) is 0 Å². The van der Waals surface area contributed by atoms with Crippen molar-refractivity contribution in [1.82, 2.24) is 0 Å². The van der Waals surface area contributed by atoms with E-state index in [-0.39, 0.29) is 40.7 Å². The molecule has 0 aromatic heterocycles. The van der Waals surface area contributed by atoms with Crippen LogP contribution in [-0.2, 0) is 4.74 Å². The number of phenols is 1. The second kappa shape index (κ2) is 11.8. The Labute approximate surface area is 217 Å². The predicted molar refractivity (Wildman–Crippen MR) is 138 cm³/mol. The number of hydrogen-bond acceptors (Lipinski definition) is 8. The summed E-state index contributed by atoms with van der Waals surface area (Å²) in [6, 6.07) is 18.9. The van der Waals surface area contributed by atoms with Crippen molar-refractivity contribution < 1.29 is 39.8 Å². The molecule has 0 spiro atoms. The maximum absolute atomic E-state index is 11.2. The number of aliphatic imine (C=N–C) groups is 2. The van der Waals surface area contributed by atoms with Gasteiger partial charge in [0.1, 0.15) is 29.5 Å². The van der Waals surface area contributed by atoms with E-state index in [0.717, 1.165) is 0 Å².